The zero-order valence-corrected chi connectivity index (χ0v) is 14.7. The van der Waals surface area contributed by atoms with Gasteiger partial charge in [-0.3, -0.25) is 4.98 Å². The molecule has 1 heterocycles. The Balaban J connectivity index is 2.31. The maximum Gasteiger partial charge on any atom is 0.0548 e. The second kappa shape index (κ2) is 7.92. The molecular formula is C17H20BrClN2. The normalized spacial score (nSPS) is 13.9. The van der Waals surface area contributed by atoms with Crippen LogP contribution in [-0.4, -0.2) is 11.5 Å². The van der Waals surface area contributed by atoms with Crippen molar-refractivity contribution in [2.24, 2.45) is 0 Å². The summed E-state index contributed by atoms with van der Waals surface area (Å²) in [4.78, 5) is 4.10. The van der Waals surface area contributed by atoms with Crippen LogP contribution in [0.5, 0.6) is 0 Å². The van der Waals surface area contributed by atoms with Crippen LogP contribution in [0, 0.1) is 0 Å². The molecule has 0 amide bonds. The number of hydrogen-bond donors (Lipinski definition) is 1. The number of pyridine rings is 1. The molecule has 2 nitrogen and oxygen atoms in total. The van der Waals surface area contributed by atoms with Crippen molar-refractivity contribution in [3.8, 4) is 0 Å². The van der Waals surface area contributed by atoms with E-state index in [0.717, 1.165) is 22.5 Å². The Morgan fingerprint density at radius 1 is 1.19 bits per heavy atom. The van der Waals surface area contributed by atoms with Crippen LogP contribution in [-0.2, 0) is 0 Å². The topological polar surface area (TPSA) is 24.9 Å². The molecule has 0 fully saturated rings. The van der Waals surface area contributed by atoms with Gasteiger partial charge in [-0.1, -0.05) is 31.5 Å². The highest BCUT2D eigenvalue weighted by molar-refractivity contribution is 9.10. The number of nitrogens with zero attached hydrogens (tertiary/aromatic N) is 1. The van der Waals surface area contributed by atoms with Gasteiger partial charge in [-0.05, 0) is 64.3 Å². The third-order valence-electron chi connectivity index (χ3n) is 3.65. The van der Waals surface area contributed by atoms with Crippen molar-refractivity contribution in [2.45, 2.75) is 32.2 Å². The minimum Gasteiger partial charge on any atom is -0.309 e. The minimum absolute atomic E-state index is 0.251. The summed E-state index contributed by atoms with van der Waals surface area (Å²) < 4.78 is 0.937. The average Bonchev–Trinajstić information content (AvgIpc) is 2.51. The summed E-state index contributed by atoms with van der Waals surface area (Å²) in [5, 5.41) is 4.39. The fourth-order valence-corrected chi connectivity index (χ4v) is 2.96. The third kappa shape index (κ3) is 4.29. The summed E-state index contributed by atoms with van der Waals surface area (Å²) in [5.41, 5.74) is 2.52. The van der Waals surface area contributed by atoms with Crippen LogP contribution < -0.4 is 5.32 Å². The summed E-state index contributed by atoms with van der Waals surface area (Å²) in [5.74, 6) is 0.354. The van der Waals surface area contributed by atoms with E-state index < -0.39 is 0 Å². The average molecular weight is 368 g/mol. The van der Waals surface area contributed by atoms with Gasteiger partial charge in [-0.15, -0.1) is 0 Å². The Labute approximate surface area is 140 Å². The first-order valence-corrected chi connectivity index (χ1v) is 8.38. The van der Waals surface area contributed by atoms with Gasteiger partial charge < -0.3 is 5.32 Å². The van der Waals surface area contributed by atoms with Crippen LogP contribution in [0.1, 0.15) is 43.4 Å². The Hall–Kier alpha value is -0.900. The van der Waals surface area contributed by atoms with E-state index >= 15 is 0 Å². The van der Waals surface area contributed by atoms with Gasteiger partial charge in [0, 0.05) is 28.8 Å². The van der Waals surface area contributed by atoms with Gasteiger partial charge in [0.05, 0.1) is 5.02 Å². The summed E-state index contributed by atoms with van der Waals surface area (Å²) >= 11 is 9.63. The lowest BCUT2D eigenvalue weighted by Crippen LogP contribution is -2.26. The summed E-state index contributed by atoms with van der Waals surface area (Å²) in [6, 6.07) is 10.6. The van der Waals surface area contributed by atoms with Gasteiger partial charge in [0.25, 0.3) is 0 Å². The number of halogens is 2. The molecule has 112 valence electrons. The van der Waals surface area contributed by atoms with E-state index in [-0.39, 0.29) is 6.04 Å². The second-order valence-electron chi connectivity index (χ2n) is 5.17. The van der Waals surface area contributed by atoms with Crippen molar-refractivity contribution in [1.29, 1.82) is 0 Å². The Morgan fingerprint density at radius 3 is 2.52 bits per heavy atom. The van der Waals surface area contributed by atoms with E-state index in [0.29, 0.717) is 5.92 Å². The Bertz CT molecular complexity index is 574. The molecule has 0 saturated heterocycles. The Morgan fingerprint density at radius 2 is 1.90 bits per heavy atom. The Kier molecular flexibility index (Phi) is 6.22. The van der Waals surface area contributed by atoms with E-state index in [1.54, 1.807) is 0 Å². The van der Waals surface area contributed by atoms with Crippen molar-refractivity contribution in [3.63, 3.8) is 0 Å². The van der Waals surface area contributed by atoms with Crippen molar-refractivity contribution in [3.05, 3.63) is 63.3 Å². The zero-order valence-electron chi connectivity index (χ0n) is 12.3. The lowest BCUT2D eigenvalue weighted by molar-refractivity contribution is 0.466. The van der Waals surface area contributed by atoms with Gasteiger partial charge in [-0.25, -0.2) is 0 Å². The molecule has 0 aliphatic rings. The molecule has 2 aromatic rings. The largest absolute Gasteiger partial charge is 0.309 e. The summed E-state index contributed by atoms with van der Waals surface area (Å²) in [6.07, 6.45) is 4.80. The van der Waals surface area contributed by atoms with Gasteiger partial charge in [0.2, 0.25) is 0 Å². The molecule has 0 aliphatic carbocycles. The number of benzene rings is 1. The lowest BCUT2D eigenvalue weighted by Gasteiger charge is -2.26. The van der Waals surface area contributed by atoms with E-state index in [1.807, 2.05) is 18.5 Å². The van der Waals surface area contributed by atoms with Crippen LogP contribution in [0.25, 0.3) is 0 Å². The standard InChI is InChI=1S/C17H20BrClN2/c1-3-8-21-17(12(2)13-6-9-20-10-7-13)14-4-5-16(19)15(18)11-14/h4-7,9-12,17,21H,3,8H2,1-2H3. The molecular weight excluding hydrogens is 348 g/mol. The molecule has 1 aromatic carbocycles. The first-order chi connectivity index (χ1) is 10.1. The predicted molar refractivity (Wildman–Crippen MR) is 92.8 cm³/mol. The highest BCUT2D eigenvalue weighted by Gasteiger charge is 2.20. The summed E-state index contributed by atoms with van der Waals surface area (Å²) in [7, 11) is 0. The van der Waals surface area contributed by atoms with Gasteiger partial charge in [0.15, 0.2) is 0 Å². The number of hydrogen-bond acceptors (Lipinski definition) is 2. The van der Waals surface area contributed by atoms with Crippen molar-refractivity contribution >= 4 is 27.5 Å². The highest BCUT2D eigenvalue weighted by Crippen LogP contribution is 2.33. The number of nitrogens with one attached hydrogen (secondary N) is 1. The van der Waals surface area contributed by atoms with E-state index in [9.17, 15) is 0 Å². The molecule has 0 aliphatic heterocycles. The van der Waals surface area contributed by atoms with Crippen LogP contribution in [0.3, 0.4) is 0 Å². The maximum atomic E-state index is 6.11. The first kappa shape index (κ1) is 16.5. The number of aromatic nitrogens is 1. The molecule has 21 heavy (non-hydrogen) atoms. The molecule has 0 radical (unpaired) electrons. The quantitative estimate of drug-likeness (QED) is 0.745. The highest BCUT2D eigenvalue weighted by atomic mass is 79.9. The molecule has 0 bridgehead atoms. The third-order valence-corrected chi connectivity index (χ3v) is 4.86. The zero-order chi connectivity index (χ0) is 15.2. The van der Waals surface area contributed by atoms with Crippen molar-refractivity contribution in [2.75, 3.05) is 6.54 Å². The van der Waals surface area contributed by atoms with E-state index in [4.69, 9.17) is 11.6 Å². The van der Waals surface area contributed by atoms with Gasteiger partial charge in [-0.2, -0.15) is 0 Å². The molecule has 2 atom stereocenters. The smallest absolute Gasteiger partial charge is 0.0548 e. The predicted octanol–water partition coefficient (Wildman–Crippen LogP) is 5.34. The summed E-state index contributed by atoms with van der Waals surface area (Å²) in [6.45, 7) is 5.41. The molecule has 2 rings (SSSR count). The number of rotatable bonds is 6. The van der Waals surface area contributed by atoms with E-state index in [2.05, 4.69) is 64.3 Å². The van der Waals surface area contributed by atoms with Gasteiger partial charge >= 0.3 is 0 Å². The molecule has 1 aromatic heterocycles. The first-order valence-electron chi connectivity index (χ1n) is 7.21. The second-order valence-corrected chi connectivity index (χ2v) is 6.44. The molecule has 2 unspecified atom stereocenters. The van der Waals surface area contributed by atoms with Crippen LogP contribution in [0.2, 0.25) is 5.02 Å². The monoisotopic (exact) mass is 366 g/mol. The van der Waals surface area contributed by atoms with E-state index in [1.165, 1.54) is 11.1 Å². The molecule has 0 saturated carbocycles. The molecule has 1 N–H and O–H groups in total. The van der Waals surface area contributed by atoms with Crippen LogP contribution in [0.15, 0.2) is 47.2 Å². The van der Waals surface area contributed by atoms with Crippen molar-refractivity contribution in [1.82, 2.24) is 10.3 Å². The molecule has 0 spiro atoms. The van der Waals surface area contributed by atoms with Crippen LogP contribution >= 0.6 is 27.5 Å². The van der Waals surface area contributed by atoms with Crippen molar-refractivity contribution < 1.29 is 0 Å². The van der Waals surface area contributed by atoms with Crippen LogP contribution in [0.4, 0.5) is 0 Å². The lowest BCUT2D eigenvalue weighted by atomic mass is 9.89. The molecule has 4 heteroatoms. The fraction of sp³-hybridized carbons (Fsp3) is 0.353. The maximum absolute atomic E-state index is 6.11. The minimum atomic E-state index is 0.251. The fourth-order valence-electron chi connectivity index (χ4n) is 2.45. The van der Waals surface area contributed by atoms with Gasteiger partial charge in [0.1, 0.15) is 0 Å². The SMILES string of the molecule is CCCNC(c1ccc(Cl)c(Br)c1)C(C)c1ccncc1.